The van der Waals surface area contributed by atoms with Crippen molar-refractivity contribution in [3.63, 3.8) is 0 Å². The number of ether oxygens (including phenoxy) is 1. The van der Waals surface area contributed by atoms with Crippen LogP contribution >= 0.6 is 12.2 Å². The van der Waals surface area contributed by atoms with E-state index in [0.717, 1.165) is 11.5 Å². The first-order valence-electron chi connectivity index (χ1n) is 9.13. The molecule has 0 spiro atoms. The van der Waals surface area contributed by atoms with Gasteiger partial charge in [0.25, 0.3) is 5.91 Å². The molecule has 2 N–H and O–H groups in total. The van der Waals surface area contributed by atoms with Crippen molar-refractivity contribution in [1.82, 2.24) is 29.9 Å². The summed E-state index contributed by atoms with van der Waals surface area (Å²) in [7, 11) is 1.83. The highest BCUT2D eigenvalue weighted by atomic mass is 32.1. The number of hydrogen-bond acceptors (Lipinski definition) is 6. The first-order valence-corrected chi connectivity index (χ1v) is 9.53. The molecule has 2 heterocycles. The molecule has 1 aromatic carbocycles. The van der Waals surface area contributed by atoms with E-state index in [4.69, 9.17) is 17.0 Å². The Morgan fingerprint density at radius 1 is 1.28 bits per heavy atom. The monoisotopic (exact) mass is 414 g/mol. The van der Waals surface area contributed by atoms with Gasteiger partial charge in [0.05, 0.1) is 24.2 Å². The number of aromatic amines is 1. The van der Waals surface area contributed by atoms with Gasteiger partial charge in [0, 0.05) is 25.6 Å². The largest absolute Gasteiger partial charge is 0.462 e. The number of carbonyl (C=O) groups excluding carboxylic acids is 2. The molecule has 0 saturated heterocycles. The molecule has 3 aromatic rings. The summed E-state index contributed by atoms with van der Waals surface area (Å²) in [5, 5.41) is 13.9. The van der Waals surface area contributed by atoms with Crippen molar-refractivity contribution in [1.29, 1.82) is 0 Å². The van der Waals surface area contributed by atoms with Crippen LogP contribution in [0.15, 0.2) is 30.5 Å². The molecule has 0 atom stereocenters. The number of nitrogens with zero attached hydrogens (tertiary/aromatic N) is 4. The average Bonchev–Trinajstić information content (AvgIpc) is 3.25. The maximum atomic E-state index is 12.4. The molecule has 10 heteroatoms. The van der Waals surface area contributed by atoms with Gasteiger partial charge >= 0.3 is 5.97 Å². The third kappa shape index (κ3) is 4.43. The Bertz CT molecular complexity index is 1080. The summed E-state index contributed by atoms with van der Waals surface area (Å²) >= 11 is 5.07. The Hall–Kier alpha value is -3.27. The first kappa shape index (κ1) is 20.5. The first-order chi connectivity index (χ1) is 13.9. The molecule has 29 heavy (non-hydrogen) atoms. The lowest BCUT2D eigenvalue weighted by Gasteiger charge is -2.08. The molecule has 152 valence electrons. The zero-order chi connectivity index (χ0) is 21.0. The molecule has 0 aliphatic rings. The van der Waals surface area contributed by atoms with Crippen molar-refractivity contribution < 1.29 is 14.3 Å². The van der Waals surface area contributed by atoms with Crippen molar-refractivity contribution in [3.05, 3.63) is 57.9 Å². The molecular formula is C19H22N6O3S. The lowest BCUT2D eigenvalue weighted by molar-refractivity contribution is 0.0525. The maximum absolute atomic E-state index is 12.4. The Kier molecular flexibility index (Phi) is 6.23. The van der Waals surface area contributed by atoms with Gasteiger partial charge < -0.3 is 14.6 Å². The minimum atomic E-state index is -0.402. The molecular weight excluding hydrogens is 392 g/mol. The van der Waals surface area contributed by atoms with Crippen molar-refractivity contribution >= 4 is 24.1 Å². The van der Waals surface area contributed by atoms with E-state index in [-0.39, 0.29) is 5.91 Å². The van der Waals surface area contributed by atoms with Crippen LogP contribution in [0.2, 0.25) is 0 Å². The van der Waals surface area contributed by atoms with Crippen LogP contribution in [0.1, 0.15) is 39.2 Å². The Morgan fingerprint density at radius 2 is 2.00 bits per heavy atom. The lowest BCUT2D eigenvalue weighted by Crippen LogP contribution is -2.26. The highest BCUT2D eigenvalue weighted by Gasteiger charge is 2.16. The van der Waals surface area contributed by atoms with E-state index in [1.165, 1.54) is 6.20 Å². The predicted octanol–water partition coefficient (Wildman–Crippen LogP) is 2.12. The summed E-state index contributed by atoms with van der Waals surface area (Å²) in [5.41, 5.74) is 2.37. The van der Waals surface area contributed by atoms with E-state index >= 15 is 0 Å². The van der Waals surface area contributed by atoms with Crippen LogP contribution < -0.4 is 5.32 Å². The van der Waals surface area contributed by atoms with E-state index in [0.29, 0.717) is 41.2 Å². The van der Waals surface area contributed by atoms with Gasteiger partial charge in [-0.05, 0) is 50.3 Å². The second-order valence-corrected chi connectivity index (χ2v) is 6.72. The highest BCUT2D eigenvalue weighted by Crippen LogP contribution is 2.16. The summed E-state index contributed by atoms with van der Waals surface area (Å²) in [6, 6.07) is 6.99. The van der Waals surface area contributed by atoms with Crippen LogP contribution in [0.4, 0.5) is 0 Å². The smallest absolute Gasteiger partial charge is 0.341 e. The molecule has 0 bridgehead atoms. The maximum Gasteiger partial charge on any atom is 0.341 e. The Balaban J connectivity index is 1.64. The second kappa shape index (κ2) is 8.82. The van der Waals surface area contributed by atoms with Gasteiger partial charge in [0.2, 0.25) is 0 Å². The van der Waals surface area contributed by atoms with Crippen LogP contribution in [-0.2, 0) is 18.2 Å². The SMILES string of the molecule is CCOC(=O)c1cnn(-c2ccc(C(=O)NCCc3n[nH]c(=S)n3C)cc2)c1C. The van der Waals surface area contributed by atoms with E-state index < -0.39 is 5.97 Å². The van der Waals surface area contributed by atoms with Crippen LogP contribution in [-0.4, -0.2) is 49.6 Å². The highest BCUT2D eigenvalue weighted by molar-refractivity contribution is 7.71. The number of amides is 1. The number of carbonyl (C=O) groups is 2. The molecule has 3 rings (SSSR count). The van der Waals surface area contributed by atoms with Crippen molar-refractivity contribution in [2.75, 3.05) is 13.2 Å². The van der Waals surface area contributed by atoms with Gasteiger partial charge in [-0.25, -0.2) is 9.48 Å². The third-order valence-electron chi connectivity index (χ3n) is 4.49. The fraction of sp³-hybridized carbons (Fsp3) is 0.316. The quantitative estimate of drug-likeness (QED) is 0.453. The second-order valence-electron chi connectivity index (χ2n) is 6.33. The normalized spacial score (nSPS) is 10.7. The fourth-order valence-electron chi connectivity index (χ4n) is 2.83. The van der Waals surface area contributed by atoms with Gasteiger partial charge in [-0.3, -0.25) is 9.89 Å². The molecule has 0 unspecified atom stereocenters. The minimum absolute atomic E-state index is 0.183. The standard InChI is InChI=1S/C19H22N6O3S/c1-4-28-18(27)15-11-21-25(12(15)2)14-7-5-13(6-8-14)17(26)20-10-9-16-22-23-19(29)24(16)3/h5-8,11H,4,9-10H2,1-3H3,(H,20,26)(H,23,29). The molecule has 9 nitrogen and oxygen atoms in total. The van der Waals surface area contributed by atoms with Gasteiger partial charge in [-0.2, -0.15) is 10.2 Å². The minimum Gasteiger partial charge on any atom is -0.462 e. The van der Waals surface area contributed by atoms with Crippen molar-refractivity contribution in [2.45, 2.75) is 20.3 Å². The van der Waals surface area contributed by atoms with E-state index in [9.17, 15) is 9.59 Å². The molecule has 0 saturated carbocycles. The molecule has 1 amide bonds. The van der Waals surface area contributed by atoms with Gasteiger partial charge in [0.1, 0.15) is 11.4 Å². The summed E-state index contributed by atoms with van der Waals surface area (Å²) in [6.07, 6.45) is 2.05. The van der Waals surface area contributed by atoms with E-state index in [1.807, 2.05) is 7.05 Å². The van der Waals surface area contributed by atoms with Crippen molar-refractivity contribution in [2.24, 2.45) is 7.05 Å². The summed E-state index contributed by atoms with van der Waals surface area (Å²) in [5.74, 6) is 0.190. The summed E-state index contributed by atoms with van der Waals surface area (Å²) < 4.78 is 8.98. The Labute approximate surface area is 172 Å². The number of hydrogen-bond donors (Lipinski definition) is 2. The van der Waals surface area contributed by atoms with E-state index in [2.05, 4.69) is 20.6 Å². The molecule has 0 radical (unpaired) electrons. The number of rotatable bonds is 7. The number of H-pyrrole nitrogens is 1. The van der Waals surface area contributed by atoms with Crippen LogP contribution in [0.25, 0.3) is 5.69 Å². The summed E-state index contributed by atoms with van der Waals surface area (Å²) in [6.45, 7) is 4.30. The lowest BCUT2D eigenvalue weighted by atomic mass is 10.2. The van der Waals surface area contributed by atoms with Crippen LogP contribution in [0.5, 0.6) is 0 Å². The fourth-order valence-corrected chi connectivity index (χ4v) is 2.98. The zero-order valence-corrected chi connectivity index (χ0v) is 17.2. The Morgan fingerprint density at radius 3 is 2.62 bits per heavy atom. The molecule has 0 fully saturated rings. The van der Waals surface area contributed by atoms with Crippen LogP contribution in [0, 0.1) is 11.7 Å². The topological polar surface area (TPSA) is 107 Å². The van der Waals surface area contributed by atoms with Gasteiger partial charge in [-0.15, -0.1) is 0 Å². The number of aromatic nitrogens is 5. The average molecular weight is 414 g/mol. The third-order valence-corrected chi connectivity index (χ3v) is 4.85. The molecule has 0 aliphatic heterocycles. The molecule has 0 aliphatic carbocycles. The number of esters is 1. The van der Waals surface area contributed by atoms with Gasteiger partial charge in [-0.1, -0.05) is 0 Å². The van der Waals surface area contributed by atoms with Crippen molar-refractivity contribution in [3.8, 4) is 5.69 Å². The number of benzene rings is 1. The summed E-state index contributed by atoms with van der Waals surface area (Å²) in [4.78, 5) is 24.3. The van der Waals surface area contributed by atoms with Gasteiger partial charge in [0.15, 0.2) is 4.77 Å². The zero-order valence-electron chi connectivity index (χ0n) is 16.4. The predicted molar refractivity (Wildman–Crippen MR) is 109 cm³/mol. The molecule has 2 aromatic heterocycles. The van der Waals surface area contributed by atoms with E-state index in [1.54, 1.807) is 47.4 Å². The van der Waals surface area contributed by atoms with Crippen LogP contribution in [0.3, 0.4) is 0 Å². The number of nitrogens with one attached hydrogen (secondary N) is 2.